The second kappa shape index (κ2) is 8.51. The van der Waals surface area contributed by atoms with Gasteiger partial charge in [-0.2, -0.15) is 13.2 Å². The molecule has 0 aliphatic rings. The maximum absolute atomic E-state index is 12.0. The fourth-order valence-electron chi connectivity index (χ4n) is 2.35. The van der Waals surface area contributed by atoms with Crippen molar-refractivity contribution >= 4 is 11.9 Å². The van der Waals surface area contributed by atoms with Crippen LogP contribution >= 0.6 is 0 Å². The van der Waals surface area contributed by atoms with E-state index in [4.69, 9.17) is 4.74 Å². The van der Waals surface area contributed by atoms with Gasteiger partial charge >= 0.3 is 18.1 Å². The molecule has 0 spiro atoms. The summed E-state index contributed by atoms with van der Waals surface area (Å²) in [4.78, 5) is 22.6. The van der Waals surface area contributed by atoms with Crippen molar-refractivity contribution in [2.45, 2.75) is 19.5 Å². The van der Waals surface area contributed by atoms with Gasteiger partial charge in [-0.15, -0.1) is 0 Å². The lowest BCUT2D eigenvalue weighted by Crippen LogP contribution is -2.37. The first-order valence-corrected chi connectivity index (χ1v) is 7.97. The average molecular weight is 365 g/mol. The van der Waals surface area contributed by atoms with Crippen LogP contribution < -0.4 is 5.32 Å². The smallest absolute Gasteiger partial charge is 0.462 e. The molecule has 0 aromatic heterocycles. The van der Waals surface area contributed by atoms with E-state index in [1.54, 1.807) is 17.4 Å². The maximum Gasteiger partial charge on any atom is 0.471 e. The highest BCUT2D eigenvalue weighted by Gasteiger charge is 2.38. The van der Waals surface area contributed by atoms with Crippen LogP contribution in [0.25, 0.3) is 11.1 Å². The molecule has 26 heavy (non-hydrogen) atoms. The molecule has 1 amide bonds. The summed E-state index contributed by atoms with van der Waals surface area (Å²) in [6, 6.07) is 14.9. The van der Waals surface area contributed by atoms with E-state index >= 15 is 0 Å². The summed E-state index contributed by atoms with van der Waals surface area (Å²) in [7, 11) is 0. The minimum Gasteiger partial charge on any atom is -0.462 e. The van der Waals surface area contributed by atoms with Gasteiger partial charge in [-0.25, -0.2) is 4.79 Å². The summed E-state index contributed by atoms with van der Waals surface area (Å²) in [5.74, 6) is -2.56. The predicted molar refractivity (Wildman–Crippen MR) is 90.6 cm³/mol. The third-order valence-electron chi connectivity index (χ3n) is 3.64. The highest BCUT2D eigenvalue weighted by Crippen LogP contribution is 2.24. The van der Waals surface area contributed by atoms with Crippen LogP contribution in [0.3, 0.4) is 0 Å². The molecule has 138 valence electrons. The number of alkyl halides is 3. The Balaban J connectivity index is 1.85. The van der Waals surface area contributed by atoms with Crippen molar-refractivity contribution in [3.63, 3.8) is 0 Å². The number of benzene rings is 2. The molecular formula is C19H18F3NO3. The fourth-order valence-corrected chi connectivity index (χ4v) is 2.35. The highest BCUT2D eigenvalue weighted by molar-refractivity contribution is 5.90. The number of amides is 1. The van der Waals surface area contributed by atoms with Gasteiger partial charge in [0.2, 0.25) is 0 Å². The first-order valence-electron chi connectivity index (χ1n) is 7.97. The van der Waals surface area contributed by atoms with Crippen LogP contribution in [0.15, 0.2) is 48.5 Å². The Kier molecular flexibility index (Phi) is 6.38. The quantitative estimate of drug-likeness (QED) is 0.624. The lowest BCUT2D eigenvalue weighted by molar-refractivity contribution is -0.173. The van der Waals surface area contributed by atoms with E-state index in [1.165, 1.54) is 0 Å². The van der Waals surface area contributed by atoms with Crippen LogP contribution in [0.2, 0.25) is 0 Å². The van der Waals surface area contributed by atoms with Crippen molar-refractivity contribution in [3.05, 3.63) is 59.7 Å². The third-order valence-corrected chi connectivity index (χ3v) is 3.64. The van der Waals surface area contributed by atoms with Crippen LogP contribution in [0.4, 0.5) is 13.2 Å². The van der Waals surface area contributed by atoms with E-state index in [0.717, 1.165) is 16.7 Å². The van der Waals surface area contributed by atoms with E-state index < -0.39 is 18.1 Å². The first-order chi connectivity index (χ1) is 12.3. The number of hydrogen-bond acceptors (Lipinski definition) is 3. The van der Waals surface area contributed by atoms with Crippen molar-refractivity contribution < 1.29 is 27.5 Å². The number of ether oxygens (including phenoxy) is 1. The predicted octanol–water partition coefficient (Wildman–Crippen LogP) is 3.89. The number of esters is 1. The largest absolute Gasteiger partial charge is 0.471 e. The number of carbonyl (C=O) groups excluding carboxylic acids is 2. The number of halogens is 3. The molecule has 0 atom stereocenters. The van der Waals surface area contributed by atoms with E-state index in [-0.39, 0.29) is 19.6 Å². The van der Waals surface area contributed by atoms with Crippen molar-refractivity contribution in [1.29, 1.82) is 0 Å². The van der Waals surface area contributed by atoms with Gasteiger partial charge in [-0.1, -0.05) is 36.4 Å². The van der Waals surface area contributed by atoms with Gasteiger partial charge in [0, 0.05) is 6.54 Å². The van der Waals surface area contributed by atoms with E-state index in [0.29, 0.717) is 5.56 Å². The van der Waals surface area contributed by atoms with Crippen LogP contribution in [-0.4, -0.2) is 31.2 Å². The number of rotatable bonds is 6. The molecule has 0 unspecified atom stereocenters. The summed E-state index contributed by atoms with van der Waals surface area (Å²) in [6.07, 6.45) is -4.82. The molecule has 0 saturated heterocycles. The molecule has 0 radical (unpaired) electrons. The van der Waals surface area contributed by atoms with Gasteiger partial charge < -0.3 is 10.1 Å². The Labute approximate surface area is 149 Å². The van der Waals surface area contributed by atoms with E-state index in [1.807, 2.05) is 43.3 Å². The molecule has 0 aliphatic heterocycles. The zero-order valence-corrected chi connectivity index (χ0v) is 14.1. The molecule has 0 saturated carbocycles. The van der Waals surface area contributed by atoms with Crippen LogP contribution in [0.1, 0.15) is 22.3 Å². The maximum atomic E-state index is 12.0. The summed E-state index contributed by atoms with van der Waals surface area (Å²) in [5, 5.41) is 1.72. The van der Waals surface area contributed by atoms with Gasteiger partial charge in [0.25, 0.3) is 0 Å². The van der Waals surface area contributed by atoms with Gasteiger partial charge in [0.1, 0.15) is 0 Å². The second-order valence-corrected chi connectivity index (χ2v) is 5.64. The highest BCUT2D eigenvalue weighted by atomic mass is 19.4. The zero-order chi connectivity index (χ0) is 19.2. The van der Waals surface area contributed by atoms with E-state index in [2.05, 4.69) is 0 Å². The Morgan fingerprint density at radius 2 is 1.77 bits per heavy atom. The Morgan fingerprint density at radius 3 is 2.38 bits per heavy atom. The van der Waals surface area contributed by atoms with Crippen molar-refractivity contribution in [3.8, 4) is 11.1 Å². The molecule has 0 heterocycles. The number of nitrogens with one attached hydrogen (secondary N) is 1. The second-order valence-electron chi connectivity index (χ2n) is 5.64. The number of aryl methyl sites for hydroxylation is 1. The molecular weight excluding hydrogens is 347 g/mol. The standard InChI is InChI=1S/C19H18F3NO3/c1-13-12-15(8-9-16(13)14-6-3-2-4-7-14)17(24)26-11-5-10-23-18(25)19(20,21)22/h2-4,6-9,12H,5,10-11H2,1H3,(H,23,25). The molecule has 0 fully saturated rings. The van der Waals surface area contributed by atoms with Crippen molar-refractivity contribution in [2.24, 2.45) is 0 Å². The minimum atomic E-state index is -4.91. The molecule has 2 aromatic carbocycles. The summed E-state index contributed by atoms with van der Waals surface area (Å²) < 4.78 is 41.0. The summed E-state index contributed by atoms with van der Waals surface area (Å²) in [5.41, 5.74) is 3.30. The topological polar surface area (TPSA) is 55.4 Å². The van der Waals surface area contributed by atoms with E-state index in [9.17, 15) is 22.8 Å². The Bertz CT molecular complexity index is 773. The molecule has 7 heteroatoms. The molecule has 0 bridgehead atoms. The molecule has 1 N–H and O–H groups in total. The summed E-state index contributed by atoms with van der Waals surface area (Å²) in [6.45, 7) is 1.57. The van der Waals surface area contributed by atoms with Crippen LogP contribution in [0, 0.1) is 6.92 Å². The van der Waals surface area contributed by atoms with Gasteiger partial charge in [-0.3, -0.25) is 4.79 Å². The Hall–Kier alpha value is -2.83. The monoisotopic (exact) mass is 365 g/mol. The molecule has 2 aromatic rings. The SMILES string of the molecule is Cc1cc(C(=O)OCCCNC(=O)C(F)(F)F)ccc1-c1ccccc1. The van der Waals surface area contributed by atoms with Crippen LogP contribution in [-0.2, 0) is 9.53 Å². The average Bonchev–Trinajstić information content (AvgIpc) is 2.60. The first kappa shape index (κ1) is 19.5. The van der Waals surface area contributed by atoms with Gasteiger partial charge in [0.05, 0.1) is 12.2 Å². The summed E-state index contributed by atoms with van der Waals surface area (Å²) >= 11 is 0. The van der Waals surface area contributed by atoms with Crippen molar-refractivity contribution in [1.82, 2.24) is 5.32 Å². The lowest BCUT2D eigenvalue weighted by atomic mass is 9.98. The van der Waals surface area contributed by atoms with Gasteiger partial charge in [-0.05, 0) is 42.2 Å². The van der Waals surface area contributed by atoms with Gasteiger partial charge in [0.15, 0.2) is 0 Å². The molecule has 0 aliphatic carbocycles. The van der Waals surface area contributed by atoms with Crippen molar-refractivity contribution in [2.75, 3.05) is 13.2 Å². The zero-order valence-electron chi connectivity index (χ0n) is 14.1. The third kappa shape index (κ3) is 5.34. The fraction of sp³-hybridized carbons (Fsp3) is 0.263. The minimum absolute atomic E-state index is 0.0869. The Morgan fingerprint density at radius 1 is 1.08 bits per heavy atom. The normalized spacial score (nSPS) is 11.1. The lowest BCUT2D eigenvalue weighted by Gasteiger charge is -2.10. The number of carbonyl (C=O) groups is 2. The molecule has 4 nitrogen and oxygen atoms in total. The number of hydrogen-bond donors (Lipinski definition) is 1. The van der Waals surface area contributed by atoms with Crippen LogP contribution in [0.5, 0.6) is 0 Å². The molecule has 2 rings (SSSR count).